The average Bonchev–Trinajstić information content (AvgIpc) is 2.12. The summed E-state index contributed by atoms with van der Waals surface area (Å²) in [6.45, 7) is 5.97. The molecule has 0 saturated carbocycles. The summed E-state index contributed by atoms with van der Waals surface area (Å²) in [6.07, 6.45) is 5.84. The van der Waals surface area contributed by atoms with Crippen LogP contribution in [0.15, 0.2) is 34.6 Å². The molecule has 1 heterocycles. The van der Waals surface area contributed by atoms with Crippen molar-refractivity contribution in [3.8, 4) is 0 Å². The molecule has 1 aromatic rings. The number of aromatic nitrogens is 1. The Morgan fingerprint density at radius 1 is 1.50 bits per heavy atom. The first kappa shape index (κ1) is 11.4. The lowest BCUT2D eigenvalue weighted by atomic mass is 10.3. The van der Waals surface area contributed by atoms with E-state index in [2.05, 4.69) is 52.2 Å². The first-order valence-corrected chi connectivity index (χ1v) is 5.41. The molecule has 0 radical (unpaired) electrons. The number of allylic oxidation sites excluding steroid dienone is 1. The van der Waals surface area contributed by atoms with Crippen molar-refractivity contribution in [1.82, 2.24) is 10.3 Å². The van der Waals surface area contributed by atoms with E-state index in [1.807, 2.05) is 6.20 Å². The molecule has 14 heavy (non-hydrogen) atoms. The Bertz CT molecular complexity index is 317. The van der Waals surface area contributed by atoms with Gasteiger partial charge in [-0.1, -0.05) is 11.6 Å². The van der Waals surface area contributed by atoms with Crippen LogP contribution in [-0.2, 0) is 6.54 Å². The first-order chi connectivity index (χ1) is 6.68. The smallest absolute Gasteiger partial charge is 0.0410 e. The second-order valence-electron chi connectivity index (χ2n) is 3.42. The predicted octanol–water partition coefficient (Wildman–Crippen LogP) is 2.90. The van der Waals surface area contributed by atoms with E-state index < -0.39 is 0 Å². The van der Waals surface area contributed by atoms with Crippen molar-refractivity contribution >= 4 is 15.9 Å². The molecule has 0 fully saturated rings. The number of nitrogens with one attached hydrogen (secondary N) is 1. The highest BCUT2D eigenvalue weighted by molar-refractivity contribution is 9.10. The number of halogens is 1. The largest absolute Gasteiger partial charge is 0.309 e. The van der Waals surface area contributed by atoms with Crippen molar-refractivity contribution in [3.05, 3.63) is 40.1 Å². The SMILES string of the molecule is CC(C)=CCNCc1cncc(Br)c1. The lowest BCUT2D eigenvalue weighted by Gasteiger charge is -2.02. The van der Waals surface area contributed by atoms with E-state index in [9.17, 15) is 0 Å². The summed E-state index contributed by atoms with van der Waals surface area (Å²) in [6, 6.07) is 2.07. The van der Waals surface area contributed by atoms with Gasteiger partial charge in [0.2, 0.25) is 0 Å². The van der Waals surface area contributed by atoms with Crippen LogP contribution in [0.3, 0.4) is 0 Å². The van der Waals surface area contributed by atoms with Gasteiger partial charge in [-0.25, -0.2) is 0 Å². The van der Waals surface area contributed by atoms with Crippen molar-refractivity contribution in [2.75, 3.05) is 6.54 Å². The zero-order valence-corrected chi connectivity index (χ0v) is 10.1. The first-order valence-electron chi connectivity index (χ1n) is 4.62. The molecule has 0 bridgehead atoms. The van der Waals surface area contributed by atoms with Gasteiger partial charge in [-0.2, -0.15) is 0 Å². The fourth-order valence-corrected chi connectivity index (χ4v) is 1.46. The molecule has 0 aliphatic carbocycles. The van der Waals surface area contributed by atoms with E-state index in [-0.39, 0.29) is 0 Å². The number of pyridine rings is 1. The molecule has 0 aliphatic rings. The Kier molecular flexibility index (Phi) is 4.84. The molecule has 3 heteroatoms. The van der Waals surface area contributed by atoms with Gasteiger partial charge in [0.15, 0.2) is 0 Å². The Morgan fingerprint density at radius 3 is 2.93 bits per heavy atom. The average molecular weight is 255 g/mol. The van der Waals surface area contributed by atoms with Gasteiger partial charge in [0.05, 0.1) is 0 Å². The standard InChI is InChI=1S/C11H15BrN2/c1-9(2)3-4-13-6-10-5-11(12)8-14-7-10/h3,5,7-8,13H,4,6H2,1-2H3. The van der Waals surface area contributed by atoms with Crippen molar-refractivity contribution in [2.24, 2.45) is 0 Å². The molecule has 2 nitrogen and oxygen atoms in total. The summed E-state index contributed by atoms with van der Waals surface area (Å²) in [4.78, 5) is 4.10. The van der Waals surface area contributed by atoms with Crippen LogP contribution in [0.1, 0.15) is 19.4 Å². The fraction of sp³-hybridized carbons (Fsp3) is 0.364. The van der Waals surface area contributed by atoms with Gasteiger partial charge < -0.3 is 5.32 Å². The van der Waals surface area contributed by atoms with E-state index in [0.717, 1.165) is 17.6 Å². The summed E-state index contributed by atoms with van der Waals surface area (Å²) in [5, 5.41) is 3.32. The zero-order valence-electron chi connectivity index (χ0n) is 8.55. The number of hydrogen-bond donors (Lipinski definition) is 1. The molecule has 0 amide bonds. The van der Waals surface area contributed by atoms with Crippen LogP contribution in [0, 0.1) is 0 Å². The van der Waals surface area contributed by atoms with E-state index >= 15 is 0 Å². The fourth-order valence-electron chi connectivity index (χ4n) is 1.05. The number of rotatable bonds is 4. The Morgan fingerprint density at radius 2 is 2.29 bits per heavy atom. The van der Waals surface area contributed by atoms with Gasteiger partial charge in [0.25, 0.3) is 0 Å². The van der Waals surface area contributed by atoms with Gasteiger partial charge in [0, 0.05) is 30.0 Å². The van der Waals surface area contributed by atoms with E-state index in [1.54, 1.807) is 6.20 Å². The Hall–Kier alpha value is -0.670. The third-order valence-corrected chi connectivity index (χ3v) is 2.18. The minimum Gasteiger partial charge on any atom is -0.309 e. The summed E-state index contributed by atoms with van der Waals surface area (Å²) in [5.41, 5.74) is 2.53. The lowest BCUT2D eigenvalue weighted by molar-refractivity contribution is 0.753. The quantitative estimate of drug-likeness (QED) is 0.661. The van der Waals surface area contributed by atoms with E-state index in [4.69, 9.17) is 0 Å². The van der Waals surface area contributed by atoms with Gasteiger partial charge in [-0.3, -0.25) is 4.98 Å². The molecule has 0 atom stereocenters. The van der Waals surface area contributed by atoms with E-state index in [0.29, 0.717) is 0 Å². The van der Waals surface area contributed by atoms with Crippen LogP contribution in [0.4, 0.5) is 0 Å². The molecule has 0 saturated heterocycles. The van der Waals surface area contributed by atoms with E-state index in [1.165, 1.54) is 11.1 Å². The highest BCUT2D eigenvalue weighted by atomic mass is 79.9. The van der Waals surface area contributed by atoms with Crippen molar-refractivity contribution in [1.29, 1.82) is 0 Å². The third-order valence-electron chi connectivity index (χ3n) is 1.75. The van der Waals surface area contributed by atoms with Crippen molar-refractivity contribution in [2.45, 2.75) is 20.4 Å². The minimum absolute atomic E-state index is 0.857. The third kappa shape index (κ3) is 4.53. The van der Waals surface area contributed by atoms with Gasteiger partial charge in [0.1, 0.15) is 0 Å². The molecule has 1 N–H and O–H groups in total. The second-order valence-corrected chi connectivity index (χ2v) is 4.34. The Labute approximate surface area is 93.6 Å². The summed E-state index contributed by atoms with van der Waals surface area (Å²) >= 11 is 3.39. The van der Waals surface area contributed by atoms with Crippen LogP contribution in [0.25, 0.3) is 0 Å². The molecular weight excluding hydrogens is 240 g/mol. The monoisotopic (exact) mass is 254 g/mol. The molecule has 76 valence electrons. The second kappa shape index (κ2) is 5.94. The maximum atomic E-state index is 4.10. The van der Waals surface area contributed by atoms with Crippen molar-refractivity contribution < 1.29 is 0 Å². The van der Waals surface area contributed by atoms with Gasteiger partial charge in [-0.05, 0) is 41.4 Å². The van der Waals surface area contributed by atoms with Gasteiger partial charge >= 0.3 is 0 Å². The molecular formula is C11H15BrN2. The number of hydrogen-bond acceptors (Lipinski definition) is 2. The van der Waals surface area contributed by atoms with Crippen LogP contribution in [0.2, 0.25) is 0 Å². The predicted molar refractivity (Wildman–Crippen MR) is 63.1 cm³/mol. The van der Waals surface area contributed by atoms with Gasteiger partial charge in [-0.15, -0.1) is 0 Å². The highest BCUT2D eigenvalue weighted by Crippen LogP contribution is 2.08. The minimum atomic E-state index is 0.857. The normalized spacial score (nSPS) is 9.93. The number of nitrogens with zero attached hydrogens (tertiary/aromatic N) is 1. The summed E-state index contributed by atoms with van der Waals surface area (Å²) in [7, 11) is 0. The van der Waals surface area contributed by atoms with Crippen LogP contribution in [-0.4, -0.2) is 11.5 Å². The van der Waals surface area contributed by atoms with Crippen LogP contribution < -0.4 is 5.32 Å². The zero-order chi connectivity index (χ0) is 10.4. The molecule has 0 aliphatic heterocycles. The van der Waals surface area contributed by atoms with Crippen molar-refractivity contribution in [3.63, 3.8) is 0 Å². The summed E-state index contributed by atoms with van der Waals surface area (Å²) in [5.74, 6) is 0. The molecule has 0 unspecified atom stereocenters. The Balaban J connectivity index is 2.35. The molecule has 1 aromatic heterocycles. The van der Waals surface area contributed by atoms with Crippen LogP contribution >= 0.6 is 15.9 Å². The topological polar surface area (TPSA) is 24.9 Å². The summed E-state index contributed by atoms with van der Waals surface area (Å²) < 4.78 is 1.03. The van der Waals surface area contributed by atoms with Crippen LogP contribution in [0.5, 0.6) is 0 Å². The highest BCUT2D eigenvalue weighted by Gasteiger charge is 1.92. The maximum absolute atomic E-state index is 4.10. The molecule has 0 aromatic carbocycles. The lowest BCUT2D eigenvalue weighted by Crippen LogP contribution is -2.13. The molecule has 0 spiro atoms. The molecule has 1 rings (SSSR count). The maximum Gasteiger partial charge on any atom is 0.0410 e.